The van der Waals surface area contributed by atoms with Gasteiger partial charge in [0.1, 0.15) is 17.6 Å². The number of benzene rings is 1. The first-order valence-electron chi connectivity index (χ1n) is 7.60. The molecule has 1 amide bonds. The minimum Gasteiger partial charge on any atom is -0.443 e. The standard InChI is InChI=1S/C17H19FN2O2/c1-12(21)20-9-5-4-8-16(20)17-19-11-14(22-17)10-13-6-2-3-7-15(13)18/h2-3,6-7,11,16H,4-5,8-10H2,1H3/t16-/m1/s1. The predicted octanol–water partition coefficient (Wildman–Crippen LogP) is 3.48. The van der Waals surface area contributed by atoms with Crippen molar-refractivity contribution < 1.29 is 13.6 Å². The van der Waals surface area contributed by atoms with Crippen LogP contribution in [-0.2, 0) is 11.2 Å². The van der Waals surface area contributed by atoms with Crippen molar-refractivity contribution in [3.05, 3.63) is 53.5 Å². The third kappa shape index (κ3) is 3.03. The Hall–Kier alpha value is -2.17. The SMILES string of the molecule is CC(=O)N1CCCC[C@@H]1c1ncc(Cc2ccccc2F)o1. The first-order chi connectivity index (χ1) is 10.6. The Labute approximate surface area is 129 Å². The summed E-state index contributed by atoms with van der Waals surface area (Å²) in [6, 6.07) is 6.54. The zero-order valence-corrected chi connectivity index (χ0v) is 12.6. The molecule has 3 rings (SSSR count). The van der Waals surface area contributed by atoms with Gasteiger partial charge in [-0.3, -0.25) is 4.79 Å². The van der Waals surface area contributed by atoms with Gasteiger partial charge in [-0.25, -0.2) is 9.37 Å². The van der Waals surface area contributed by atoms with E-state index in [-0.39, 0.29) is 17.8 Å². The molecule has 0 spiro atoms. The Kier molecular flexibility index (Phi) is 4.22. The number of carbonyl (C=O) groups is 1. The Balaban J connectivity index is 1.78. The third-order valence-corrected chi connectivity index (χ3v) is 4.09. The van der Waals surface area contributed by atoms with E-state index in [1.54, 1.807) is 31.3 Å². The lowest BCUT2D eigenvalue weighted by atomic mass is 10.0. The number of oxazole rings is 1. The molecule has 22 heavy (non-hydrogen) atoms. The number of nitrogens with zero attached hydrogens (tertiary/aromatic N) is 2. The normalized spacial score (nSPS) is 18.5. The summed E-state index contributed by atoms with van der Waals surface area (Å²) < 4.78 is 19.5. The summed E-state index contributed by atoms with van der Waals surface area (Å²) >= 11 is 0. The van der Waals surface area contributed by atoms with E-state index >= 15 is 0 Å². The number of aromatic nitrogens is 1. The van der Waals surface area contributed by atoms with Gasteiger partial charge in [0.2, 0.25) is 11.8 Å². The highest BCUT2D eigenvalue weighted by molar-refractivity contribution is 5.73. The fraction of sp³-hybridized carbons (Fsp3) is 0.412. The second-order valence-corrected chi connectivity index (χ2v) is 5.66. The summed E-state index contributed by atoms with van der Waals surface area (Å²) in [6.45, 7) is 2.31. The van der Waals surface area contributed by atoms with Crippen molar-refractivity contribution in [3.8, 4) is 0 Å². The number of halogens is 1. The highest BCUT2D eigenvalue weighted by Crippen LogP contribution is 2.31. The highest BCUT2D eigenvalue weighted by Gasteiger charge is 2.29. The predicted molar refractivity (Wildman–Crippen MR) is 79.7 cm³/mol. The molecular formula is C17H19FN2O2. The Bertz CT molecular complexity index is 668. The van der Waals surface area contributed by atoms with Crippen molar-refractivity contribution in [2.75, 3.05) is 6.54 Å². The lowest BCUT2D eigenvalue weighted by Gasteiger charge is -2.32. The number of rotatable bonds is 3. The average Bonchev–Trinajstić information content (AvgIpc) is 2.98. The van der Waals surface area contributed by atoms with Crippen molar-refractivity contribution in [2.45, 2.75) is 38.6 Å². The summed E-state index contributed by atoms with van der Waals surface area (Å²) in [5, 5.41) is 0. The summed E-state index contributed by atoms with van der Waals surface area (Å²) in [4.78, 5) is 17.9. The first kappa shape index (κ1) is 14.8. The van der Waals surface area contributed by atoms with Crippen molar-refractivity contribution in [2.24, 2.45) is 0 Å². The summed E-state index contributed by atoms with van der Waals surface area (Å²) in [7, 11) is 0. The zero-order chi connectivity index (χ0) is 15.5. The molecule has 0 aliphatic carbocycles. The molecule has 0 radical (unpaired) electrons. The molecule has 1 saturated heterocycles. The van der Waals surface area contributed by atoms with Crippen LogP contribution in [0.3, 0.4) is 0 Å². The molecule has 0 N–H and O–H groups in total. The van der Waals surface area contributed by atoms with E-state index in [0.29, 0.717) is 23.6 Å². The molecule has 1 aliphatic rings. The molecule has 5 heteroatoms. The molecule has 1 aliphatic heterocycles. The molecule has 1 aromatic heterocycles. The second kappa shape index (κ2) is 6.30. The molecule has 0 unspecified atom stereocenters. The van der Waals surface area contributed by atoms with Crippen molar-refractivity contribution in [1.29, 1.82) is 0 Å². The van der Waals surface area contributed by atoms with Gasteiger partial charge in [-0.05, 0) is 30.9 Å². The lowest BCUT2D eigenvalue weighted by Crippen LogP contribution is -2.37. The van der Waals surface area contributed by atoms with Gasteiger partial charge < -0.3 is 9.32 Å². The van der Waals surface area contributed by atoms with Crippen LogP contribution in [0.5, 0.6) is 0 Å². The van der Waals surface area contributed by atoms with Crippen LogP contribution < -0.4 is 0 Å². The van der Waals surface area contributed by atoms with Gasteiger partial charge >= 0.3 is 0 Å². The first-order valence-corrected chi connectivity index (χ1v) is 7.60. The Morgan fingerprint density at radius 3 is 3.00 bits per heavy atom. The average molecular weight is 302 g/mol. The van der Waals surface area contributed by atoms with Gasteiger partial charge in [-0.1, -0.05) is 18.2 Å². The van der Waals surface area contributed by atoms with Crippen LogP contribution in [-0.4, -0.2) is 22.3 Å². The number of likely N-dealkylation sites (tertiary alicyclic amines) is 1. The molecule has 0 saturated carbocycles. The maximum atomic E-state index is 13.7. The number of amides is 1. The molecule has 2 heterocycles. The van der Waals surface area contributed by atoms with Crippen LogP contribution >= 0.6 is 0 Å². The number of hydrogen-bond acceptors (Lipinski definition) is 3. The van der Waals surface area contributed by atoms with E-state index in [1.165, 1.54) is 6.07 Å². The Morgan fingerprint density at radius 2 is 2.23 bits per heavy atom. The molecule has 1 aromatic carbocycles. The van der Waals surface area contributed by atoms with Gasteiger partial charge in [-0.2, -0.15) is 0 Å². The van der Waals surface area contributed by atoms with Gasteiger partial charge in [0.05, 0.1) is 6.20 Å². The molecule has 4 nitrogen and oxygen atoms in total. The van der Waals surface area contributed by atoms with Crippen molar-refractivity contribution in [3.63, 3.8) is 0 Å². The molecule has 1 atom stereocenters. The maximum absolute atomic E-state index is 13.7. The summed E-state index contributed by atoms with van der Waals surface area (Å²) in [5.74, 6) is 0.970. The minimum absolute atomic E-state index is 0.0403. The van der Waals surface area contributed by atoms with Crippen LogP contribution in [0.1, 0.15) is 49.4 Å². The number of carbonyl (C=O) groups excluding carboxylic acids is 1. The van der Waals surface area contributed by atoms with Gasteiger partial charge in [0.25, 0.3) is 0 Å². The third-order valence-electron chi connectivity index (χ3n) is 4.09. The molecule has 1 fully saturated rings. The molecule has 116 valence electrons. The maximum Gasteiger partial charge on any atom is 0.220 e. The summed E-state index contributed by atoms with van der Waals surface area (Å²) in [5.41, 5.74) is 0.581. The number of piperidine rings is 1. The van der Waals surface area contributed by atoms with E-state index < -0.39 is 0 Å². The van der Waals surface area contributed by atoms with Crippen LogP contribution in [0, 0.1) is 5.82 Å². The fourth-order valence-electron chi connectivity index (χ4n) is 2.95. The topological polar surface area (TPSA) is 46.3 Å². The van der Waals surface area contributed by atoms with E-state index in [4.69, 9.17) is 4.42 Å². The van der Waals surface area contributed by atoms with Crippen molar-refractivity contribution in [1.82, 2.24) is 9.88 Å². The van der Waals surface area contributed by atoms with E-state index in [9.17, 15) is 9.18 Å². The van der Waals surface area contributed by atoms with Crippen molar-refractivity contribution >= 4 is 5.91 Å². The molecule has 0 bridgehead atoms. The zero-order valence-electron chi connectivity index (χ0n) is 12.6. The van der Waals surface area contributed by atoms with E-state index in [2.05, 4.69) is 4.98 Å². The minimum atomic E-state index is -0.247. The quantitative estimate of drug-likeness (QED) is 0.872. The van der Waals surface area contributed by atoms with Gasteiger partial charge in [-0.15, -0.1) is 0 Å². The van der Waals surface area contributed by atoms with Crippen LogP contribution in [0.2, 0.25) is 0 Å². The Morgan fingerprint density at radius 1 is 1.41 bits per heavy atom. The fourth-order valence-corrected chi connectivity index (χ4v) is 2.95. The van der Waals surface area contributed by atoms with E-state index in [0.717, 1.165) is 25.8 Å². The summed E-state index contributed by atoms with van der Waals surface area (Å²) in [6.07, 6.45) is 4.93. The highest BCUT2D eigenvalue weighted by atomic mass is 19.1. The van der Waals surface area contributed by atoms with Crippen LogP contribution in [0.25, 0.3) is 0 Å². The molecular weight excluding hydrogens is 283 g/mol. The largest absolute Gasteiger partial charge is 0.443 e. The van der Waals surface area contributed by atoms with Gasteiger partial charge in [0.15, 0.2) is 0 Å². The lowest BCUT2D eigenvalue weighted by molar-refractivity contribution is -0.133. The van der Waals surface area contributed by atoms with Gasteiger partial charge in [0, 0.05) is 19.9 Å². The van der Waals surface area contributed by atoms with Crippen LogP contribution in [0.15, 0.2) is 34.9 Å². The molecule has 2 aromatic rings. The number of hydrogen-bond donors (Lipinski definition) is 0. The second-order valence-electron chi connectivity index (χ2n) is 5.66. The van der Waals surface area contributed by atoms with E-state index in [1.807, 2.05) is 4.90 Å². The monoisotopic (exact) mass is 302 g/mol. The smallest absolute Gasteiger partial charge is 0.220 e. The van der Waals surface area contributed by atoms with Crippen LogP contribution in [0.4, 0.5) is 4.39 Å².